The van der Waals surface area contributed by atoms with Crippen LogP contribution in [0.15, 0.2) is 48.5 Å². The van der Waals surface area contributed by atoms with Crippen molar-refractivity contribution in [3.05, 3.63) is 70.9 Å². The molecule has 10 heteroatoms. The van der Waals surface area contributed by atoms with Crippen molar-refractivity contribution in [1.29, 1.82) is 0 Å². The Morgan fingerprint density at radius 2 is 1.62 bits per heavy atom. The first-order chi connectivity index (χ1) is 17.7. The number of benzene rings is 2. The summed E-state index contributed by atoms with van der Waals surface area (Å²) in [6.45, 7) is 9.57. The average molecular weight is 509 g/mol. The lowest BCUT2D eigenvalue weighted by atomic mass is 9.95. The summed E-state index contributed by atoms with van der Waals surface area (Å²) >= 11 is 0. The molecule has 1 aliphatic heterocycles. The molecule has 4 rings (SSSR count). The number of H-pyrrole nitrogens is 1. The predicted octanol–water partition coefficient (Wildman–Crippen LogP) is 2.64. The molecule has 0 aliphatic carbocycles. The molecule has 0 fully saturated rings. The van der Waals surface area contributed by atoms with E-state index < -0.39 is 11.9 Å². The van der Waals surface area contributed by atoms with Gasteiger partial charge in [0.1, 0.15) is 6.54 Å². The van der Waals surface area contributed by atoms with E-state index in [0.29, 0.717) is 12.1 Å². The third-order valence-electron chi connectivity index (χ3n) is 6.42. The lowest BCUT2D eigenvalue weighted by molar-refractivity contribution is -0.159. The number of carboxylic acid groups (broad SMARTS) is 2. The number of likely N-dealkylation sites (N-methyl/N-ethyl adjacent to an activating group) is 1. The van der Waals surface area contributed by atoms with Gasteiger partial charge in [0.15, 0.2) is 0 Å². The molecule has 1 aliphatic rings. The molecule has 196 valence electrons. The molecule has 1 aromatic heterocycles. The van der Waals surface area contributed by atoms with Crippen LogP contribution in [0.4, 0.5) is 0 Å². The van der Waals surface area contributed by atoms with Crippen molar-refractivity contribution < 1.29 is 29.4 Å². The molecule has 0 bridgehead atoms. The number of hydrogen-bond acceptors (Lipinski definition) is 5. The van der Waals surface area contributed by atoms with Gasteiger partial charge in [-0.15, -0.1) is 0 Å². The number of carbonyl (C=O) groups is 4. The van der Waals surface area contributed by atoms with Gasteiger partial charge in [-0.2, -0.15) is 0 Å². The molecule has 10 nitrogen and oxygen atoms in total. The van der Waals surface area contributed by atoms with Gasteiger partial charge in [0, 0.05) is 40.8 Å². The standard InChI is InChI=1S/C25H30N4O2.C2H2O4/c1-4-28(5-2)15-14-26-22(30)16-29-24(18-10-6-7-11-19(18)25(29)31)23-17(3)27-21-13-9-8-12-20(21)23;3-1(4)2(5)6/h6-13,24,27H,4-5,14-16H2,1-3H3,(H,26,30);(H,3,4)(H,5,6). The SMILES string of the molecule is CCN(CC)CCNC(=O)CN1C(=O)c2ccccc2C1c1c(C)[nH]c2ccccc12.O=C(O)C(=O)O. The van der Waals surface area contributed by atoms with Crippen LogP contribution in [0.5, 0.6) is 0 Å². The number of aliphatic carboxylic acids is 2. The minimum Gasteiger partial charge on any atom is -0.473 e. The van der Waals surface area contributed by atoms with Crippen molar-refractivity contribution in [3.8, 4) is 0 Å². The second kappa shape index (κ2) is 12.2. The topological polar surface area (TPSA) is 143 Å². The van der Waals surface area contributed by atoms with Gasteiger partial charge in [0.05, 0.1) is 6.04 Å². The van der Waals surface area contributed by atoms with Gasteiger partial charge in [-0.1, -0.05) is 50.2 Å². The number of aryl methyl sites for hydroxylation is 1. The fourth-order valence-electron chi connectivity index (χ4n) is 4.60. The monoisotopic (exact) mass is 508 g/mol. The molecule has 1 unspecified atom stereocenters. The zero-order valence-electron chi connectivity index (χ0n) is 21.2. The molecule has 2 aromatic carbocycles. The molecule has 1 atom stereocenters. The van der Waals surface area contributed by atoms with E-state index in [0.717, 1.165) is 47.4 Å². The summed E-state index contributed by atoms with van der Waals surface area (Å²) in [5, 5.41) is 18.9. The van der Waals surface area contributed by atoms with E-state index in [1.165, 1.54) is 0 Å². The molecule has 0 spiro atoms. The third-order valence-corrected chi connectivity index (χ3v) is 6.42. The maximum Gasteiger partial charge on any atom is 0.414 e. The zero-order valence-corrected chi connectivity index (χ0v) is 21.2. The number of hydrogen-bond donors (Lipinski definition) is 4. The number of rotatable bonds is 8. The maximum absolute atomic E-state index is 13.3. The second-order valence-electron chi connectivity index (χ2n) is 8.62. The van der Waals surface area contributed by atoms with Crippen molar-refractivity contribution in [1.82, 2.24) is 20.1 Å². The van der Waals surface area contributed by atoms with E-state index >= 15 is 0 Å². The number of fused-ring (bicyclic) bond motifs is 2. The Morgan fingerprint density at radius 3 is 2.27 bits per heavy atom. The first-order valence-corrected chi connectivity index (χ1v) is 12.1. The first kappa shape index (κ1) is 27.4. The van der Waals surface area contributed by atoms with E-state index in [4.69, 9.17) is 19.8 Å². The van der Waals surface area contributed by atoms with Crippen molar-refractivity contribution in [2.75, 3.05) is 32.7 Å². The molecular formula is C27H32N4O6. The minimum atomic E-state index is -1.82. The van der Waals surface area contributed by atoms with Gasteiger partial charge in [0.25, 0.3) is 5.91 Å². The molecule has 4 N–H and O–H groups in total. The molecule has 0 saturated heterocycles. The Kier molecular flexibility index (Phi) is 9.02. The van der Waals surface area contributed by atoms with Crippen LogP contribution in [0.1, 0.15) is 47.1 Å². The average Bonchev–Trinajstić information content (AvgIpc) is 3.35. The molecule has 0 radical (unpaired) electrons. The highest BCUT2D eigenvalue weighted by molar-refractivity contribution is 6.27. The van der Waals surface area contributed by atoms with Gasteiger partial charge < -0.3 is 30.3 Å². The fraction of sp³-hybridized carbons (Fsp3) is 0.333. The third kappa shape index (κ3) is 6.15. The molecule has 37 heavy (non-hydrogen) atoms. The van der Waals surface area contributed by atoms with Crippen LogP contribution in [0, 0.1) is 6.92 Å². The number of nitrogens with one attached hydrogen (secondary N) is 2. The van der Waals surface area contributed by atoms with Crippen molar-refractivity contribution in [2.24, 2.45) is 0 Å². The highest BCUT2D eigenvalue weighted by Gasteiger charge is 2.40. The molecule has 2 heterocycles. The van der Waals surface area contributed by atoms with Crippen LogP contribution in [0.2, 0.25) is 0 Å². The highest BCUT2D eigenvalue weighted by atomic mass is 16.4. The number of nitrogens with zero attached hydrogens (tertiary/aromatic N) is 2. The lowest BCUT2D eigenvalue weighted by Gasteiger charge is -2.26. The number of carbonyl (C=O) groups excluding carboxylic acids is 2. The molecule has 0 saturated carbocycles. The van der Waals surface area contributed by atoms with E-state index in [2.05, 4.69) is 35.1 Å². The van der Waals surface area contributed by atoms with Crippen LogP contribution < -0.4 is 5.32 Å². The molecule has 2 amide bonds. The summed E-state index contributed by atoms with van der Waals surface area (Å²) in [6.07, 6.45) is 0. The van der Waals surface area contributed by atoms with E-state index in [1.54, 1.807) is 4.90 Å². The number of aromatic amines is 1. The van der Waals surface area contributed by atoms with Crippen molar-refractivity contribution in [2.45, 2.75) is 26.8 Å². The number of aromatic nitrogens is 1. The van der Waals surface area contributed by atoms with Crippen molar-refractivity contribution >= 4 is 34.7 Å². The highest BCUT2D eigenvalue weighted by Crippen LogP contribution is 2.42. The summed E-state index contributed by atoms with van der Waals surface area (Å²) in [5.41, 5.74) is 4.74. The van der Waals surface area contributed by atoms with Crippen molar-refractivity contribution in [3.63, 3.8) is 0 Å². The Labute approximate surface area is 214 Å². The Balaban J connectivity index is 0.000000568. The van der Waals surface area contributed by atoms with Gasteiger partial charge in [-0.25, -0.2) is 9.59 Å². The normalized spacial score (nSPS) is 14.3. The smallest absolute Gasteiger partial charge is 0.414 e. The quantitative estimate of drug-likeness (QED) is 0.343. The Morgan fingerprint density at radius 1 is 1.00 bits per heavy atom. The van der Waals surface area contributed by atoms with Gasteiger partial charge in [0.2, 0.25) is 5.91 Å². The lowest BCUT2D eigenvalue weighted by Crippen LogP contribution is -2.42. The Bertz CT molecular complexity index is 1290. The van der Waals surface area contributed by atoms with Crippen LogP contribution in [-0.4, -0.2) is 81.5 Å². The summed E-state index contributed by atoms with van der Waals surface area (Å²) in [4.78, 5) is 51.7. The molecule has 3 aromatic rings. The van der Waals surface area contributed by atoms with Crippen LogP contribution in [-0.2, 0) is 14.4 Å². The fourth-order valence-corrected chi connectivity index (χ4v) is 4.60. The van der Waals surface area contributed by atoms with Gasteiger partial charge in [-0.05, 0) is 37.7 Å². The summed E-state index contributed by atoms with van der Waals surface area (Å²) < 4.78 is 0. The van der Waals surface area contributed by atoms with Gasteiger partial charge >= 0.3 is 11.9 Å². The second-order valence-corrected chi connectivity index (χ2v) is 8.62. The summed E-state index contributed by atoms with van der Waals surface area (Å²) in [6, 6.07) is 15.5. The minimum absolute atomic E-state index is 0.0371. The van der Waals surface area contributed by atoms with E-state index in [1.807, 2.05) is 49.4 Å². The molecular weight excluding hydrogens is 476 g/mol. The maximum atomic E-state index is 13.3. The summed E-state index contributed by atoms with van der Waals surface area (Å²) in [5.74, 6) is -3.87. The van der Waals surface area contributed by atoms with E-state index in [-0.39, 0.29) is 24.4 Å². The predicted molar refractivity (Wildman–Crippen MR) is 138 cm³/mol. The Hall–Kier alpha value is -4.18. The summed E-state index contributed by atoms with van der Waals surface area (Å²) in [7, 11) is 0. The van der Waals surface area contributed by atoms with E-state index in [9.17, 15) is 9.59 Å². The van der Waals surface area contributed by atoms with Gasteiger partial charge in [-0.3, -0.25) is 9.59 Å². The van der Waals surface area contributed by atoms with Crippen LogP contribution in [0.3, 0.4) is 0 Å². The van der Waals surface area contributed by atoms with Crippen LogP contribution in [0.25, 0.3) is 10.9 Å². The zero-order chi connectivity index (χ0) is 27.1. The number of carboxylic acids is 2. The van der Waals surface area contributed by atoms with Crippen LogP contribution >= 0.6 is 0 Å². The first-order valence-electron chi connectivity index (χ1n) is 12.1. The number of para-hydroxylation sites is 1. The largest absolute Gasteiger partial charge is 0.473 e. The number of amides is 2.